The average molecular weight is 297 g/mol. The van der Waals surface area contributed by atoms with Gasteiger partial charge in [-0.2, -0.15) is 11.8 Å². The second-order valence-corrected chi connectivity index (χ2v) is 6.93. The predicted molar refractivity (Wildman–Crippen MR) is 92.9 cm³/mol. The predicted octanol–water partition coefficient (Wildman–Crippen LogP) is 4.57. The van der Waals surface area contributed by atoms with Crippen molar-refractivity contribution in [2.45, 2.75) is 31.8 Å². The van der Waals surface area contributed by atoms with E-state index >= 15 is 0 Å². The van der Waals surface area contributed by atoms with Gasteiger partial charge < -0.3 is 5.32 Å². The number of thioether (sulfide) groups is 1. The fourth-order valence-electron chi connectivity index (χ4n) is 3.03. The van der Waals surface area contributed by atoms with Crippen LogP contribution in [0.2, 0.25) is 0 Å². The molecular weight excluding hydrogens is 274 g/mol. The molecule has 0 spiro atoms. The third-order valence-corrected chi connectivity index (χ3v) is 5.41. The number of rotatable bonds is 4. The summed E-state index contributed by atoms with van der Waals surface area (Å²) in [6.07, 6.45) is 2.62. The van der Waals surface area contributed by atoms with Crippen molar-refractivity contribution in [3.05, 3.63) is 71.3 Å². The van der Waals surface area contributed by atoms with Gasteiger partial charge in [0, 0.05) is 11.8 Å². The SMILES string of the molecule is Cc1ccccc1C(NC1CCCSC1)c1ccccc1. The Labute approximate surface area is 132 Å². The minimum atomic E-state index is 0.302. The van der Waals surface area contributed by atoms with Crippen LogP contribution < -0.4 is 5.32 Å². The minimum Gasteiger partial charge on any atom is -0.303 e. The zero-order chi connectivity index (χ0) is 14.5. The first-order valence-electron chi connectivity index (χ1n) is 7.79. The fourth-order valence-corrected chi connectivity index (χ4v) is 4.11. The Bertz CT molecular complexity index is 561. The van der Waals surface area contributed by atoms with E-state index in [0.717, 1.165) is 0 Å². The molecule has 0 saturated carbocycles. The summed E-state index contributed by atoms with van der Waals surface area (Å²) in [5.41, 5.74) is 4.13. The smallest absolute Gasteiger partial charge is 0.0581 e. The summed E-state index contributed by atoms with van der Waals surface area (Å²) in [7, 11) is 0. The zero-order valence-corrected chi connectivity index (χ0v) is 13.4. The van der Waals surface area contributed by atoms with Gasteiger partial charge in [-0.05, 0) is 42.2 Å². The highest BCUT2D eigenvalue weighted by molar-refractivity contribution is 7.99. The standard InChI is InChI=1S/C19H23NS/c1-15-8-5-6-12-18(15)19(16-9-3-2-4-10-16)20-17-11-7-13-21-14-17/h2-6,8-10,12,17,19-20H,7,11,13-14H2,1H3. The molecule has 0 radical (unpaired) electrons. The van der Waals surface area contributed by atoms with Crippen LogP contribution >= 0.6 is 11.8 Å². The van der Waals surface area contributed by atoms with Crippen molar-refractivity contribution < 1.29 is 0 Å². The number of benzene rings is 2. The first-order chi connectivity index (χ1) is 10.3. The van der Waals surface area contributed by atoms with Crippen molar-refractivity contribution >= 4 is 11.8 Å². The van der Waals surface area contributed by atoms with E-state index < -0.39 is 0 Å². The molecule has 0 amide bonds. The molecule has 1 nitrogen and oxygen atoms in total. The normalized spacial score (nSPS) is 20.1. The summed E-state index contributed by atoms with van der Waals surface area (Å²) < 4.78 is 0. The summed E-state index contributed by atoms with van der Waals surface area (Å²) in [4.78, 5) is 0. The van der Waals surface area contributed by atoms with Gasteiger partial charge in [-0.3, -0.25) is 0 Å². The van der Waals surface area contributed by atoms with Gasteiger partial charge in [0.05, 0.1) is 6.04 Å². The van der Waals surface area contributed by atoms with Crippen molar-refractivity contribution in [3.8, 4) is 0 Å². The second-order valence-electron chi connectivity index (χ2n) is 5.78. The lowest BCUT2D eigenvalue weighted by molar-refractivity contribution is 0.467. The van der Waals surface area contributed by atoms with Crippen LogP contribution in [-0.4, -0.2) is 17.5 Å². The van der Waals surface area contributed by atoms with E-state index in [1.54, 1.807) is 0 Å². The molecule has 1 fully saturated rings. The summed E-state index contributed by atoms with van der Waals surface area (Å²) in [6, 6.07) is 20.5. The lowest BCUT2D eigenvalue weighted by Gasteiger charge is -2.29. The van der Waals surface area contributed by atoms with Crippen LogP contribution in [0.5, 0.6) is 0 Å². The number of hydrogen-bond donors (Lipinski definition) is 1. The van der Waals surface area contributed by atoms with Crippen LogP contribution in [0, 0.1) is 6.92 Å². The quantitative estimate of drug-likeness (QED) is 0.887. The molecule has 2 aromatic rings. The highest BCUT2D eigenvalue weighted by Gasteiger charge is 2.21. The highest BCUT2D eigenvalue weighted by atomic mass is 32.2. The van der Waals surface area contributed by atoms with Crippen molar-refractivity contribution in [1.29, 1.82) is 0 Å². The van der Waals surface area contributed by atoms with Crippen molar-refractivity contribution in [3.63, 3.8) is 0 Å². The Morgan fingerprint density at radius 2 is 1.81 bits per heavy atom. The van der Waals surface area contributed by atoms with Crippen LogP contribution in [-0.2, 0) is 0 Å². The lowest BCUT2D eigenvalue weighted by Crippen LogP contribution is -2.37. The average Bonchev–Trinajstić information content (AvgIpc) is 2.55. The molecule has 0 bridgehead atoms. The Balaban J connectivity index is 1.89. The summed E-state index contributed by atoms with van der Waals surface area (Å²) >= 11 is 2.08. The Hall–Kier alpha value is -1.25. The third kappa shape index (κ3) is 3.69. The molecule has 1 N–H and O–H groups in total. The summed E-state index contributed by atoms with van der Waals surface area (Å²) in [5.74, 6) is 2.55. The lowest BCUT2D eigenvalue weighted by atomic mass is 9.94. The van der Waals surface area contributed by atoms with Gasteiger partial charge in [-0.15, -0.1) is 0 Å². The summed E-state index contributed by atoms with van der Waals surface area (Å²) in [5, 5.41) is 3.91. The Morgan fingerprint density at radius 1 is 1.05 bits per heavy atom. The molecule has 1 aliphatic rings. The molecule has 2 aromatic carbocycles. The van der Waals surface area contributed by atoms with Gasteiger partial charge in [0.1, 0.15) is 0 Å². The van der Waals surface area contributed by atoms with Gasteiger partial charge in [-0.25, -0.2) is 0 Å². The molecule has 2 atom stereocenters. The van der Waals surface area contributed by atoms with E-state index in [0.29, 0.717) is 12.1 Å². The Kier molecular flexibility index (Phi) is 5.00. The molecule has 2 unspecified atom stereocenters. The molecule has 1 heterocycles. The molecule has 1 saturated heterocycles. The van der Waals surface area contributed by atoms with Crippen LogP contribution in [0.3, 0.4) is 0 Å². The number of aryl methyl sites for hydroxylation is 1. The van der Waals surface area contributed by atoms with E-state index in [4.69, 9.17) is 0 Å². The molecule has 2 heteroatoms. The van der Waals surface area contributed by atoms with Gasteiger partial charge in [0.15, 0.2) is 0 Å². The van der Waals surface area contributed by atoms with Crippen LogP contribution in [0.25, 0.3) is 0 Å². The first-order valence-corrected chi connectivity index (χ1v) is 8.94. The second kappa shape index (κ2) is 7.15. The largest absolute Gasteiger partial charge is 0.303 e. The summed E-state index contributed by atoms with van der Waals surface area (Å²) in [6.45, 7) is 2.21. The van der Waals surface area contributed by atoms with E-state index in [1.807, 2.05) is 0 Å². The fraction of sp³-hybridized carbons (Fsp3) is 0.368. The van der Waals surface area contributed by atoms with E-state index in [9.17, 15) is 0 Å². The molecular formula is C19H23NS. The van der Waals surface area contributed by atoms with Crippen LogP contribution in [0.4, 0.5) is 0 Å². The van der Waals surface area contributed by atoms with E-state index in [1.165, 1.54) is 41.0 Å². The third-order valence-electron chi connectivity index (χ3n) is 4.20. The maximum Gasteiger partial charge on any atom is 0.0581 e. The Morgan fingerprint density at radius 3 is 2.52 bits per heavy atom. The van der Waals surface area contributed by atoms with Crippen molar-refractivity contribution in [2.75, 3.05) is 11.5 Å². The molecule has 3 rings (SSSR count). The molecule has 1 aliphatic heterocycles. The van der Waals surface area contributed by atoms with Crippen LogP contribution in [0.15, 0.2) is 54.6 Å². The molecule has 110 valence electrons. The maximum absolute atomic E-state index is 3.91. The van der Waals surface area contributed by atoms with Gasteiger partial charge >= 0.3 is 0 Å². The number of hydrogen-bond acceptors (Lipinski definition) is 2. The van der Waals surface area contributed by atoms with E-state index in [-0.39, 0.29) is 0 Å². The van der Waals surface area contributed by atoms with E-state index in [2.05, 4.69) is 78.6 Å². The minimum absolute atomic E-state index is 0.302. The first kappa shape index (κ1) is 14.7. The number of nitrogens with one attached hydrogen (secondary N) is 1. The molecule has 21 heavy (non-hydrogen) atoms. The van der Waals surface area contributed by atoms with Crippen LogP contribution in [0.1, 0.15) is 35.6 Å². The molecule has 0 aliphatic carbocycles. The highest BCUT2D eigenvalue weighted by Crippen LogP contribution is 2.27. The maximum atomic E-state index is 3.91. The topological polar surface area (TPSA) is 12.0 Å². The molecule has 0 aromatic heterocycles. The van der Waals surface area contributed by atoms with Crippen molar-refractivity contribution in [2.24, 2.45) is 0 Å². The van der Waals surface area contributed by atoms with Crippen molar-refractivity contribution in [1.82, 2.24) is 5.32 Å². The van der Waals surface area contributed by atoms with Gasteiger partial charge in [0.25, 0.3) is 0 Å². The van der Waals surface area contributed by atoms with Gasteiger partial charge in [-0.1, -0.05) is 54.6 Å². The monoisotopic (exact) mass is 297 g/mol. The van der Waals surface area contributed by atoms with Gasteiger partial charge in [0.2, 0.25) is 0 Å². The zero-order valence-electron chi connectivity index (χ0n) is 12.6.